The Balaban J connectivity index is 2.13. The van der Waals surface area contributed by atoms with Crippen molar-refractivity contribution in [3.8, 4) is 11.5 Å². The number of aryl methyl sites for hydroxylation is 1. The molecule has 1 aliphatic heterocycles. The molecule has 1 aliphatic rings. The van der Waals surface area contributed by atoms with Crippen molar-refractivity contribution in [2.75, 3.05) is 46.9 Å². The number of piperazine rings is 1. The number of rotatable bonds is 5. The second-order valence-electron chi connectivity index (χ2n) is 5.39. The molecule has 0 radical (unpaired) electrons. The van der Waals surface area contributed by atoms with E-state index in [4.69, 9.17) is 9.47 Å². The predicted molar refractivity (Wildman–Crippen MR) is 82.0 cm³/mol. The lowest BCUT2D eigenvalue weighted by Gasteiger charge is -2.27. The number of hydrogen-bond acceptors (Lipinski definition) is 4. The lowest BCUT2D eigenvalue weighted by molar-refractivity contribution is 0.243. The van der Waals surface area contributed by atoms with Gasteiger partial charge in [-0.3, -0.25) is 0 Å². The first-order chi connectivity index (χ1) is 9.67. The molecule has 1 N–H and O–H groups in total. The minimum atomic E-state index is 0.857. The molecular weight excluding hydrogens is 252 g/mol. The van der Waals surface area contributed by atoms with Gasteiger partial charge in [-0.25, -0.2) is 0 Å². The third kappa shape index (κ3) is 3.25. The van der Waals surface area contributed by atoms with E-state index in [2.05, 4.69) is 30.1 Å². The van der Waals surface area contributed by atoms with Gasteiger partial charge in [0.25, 0.3) is 0 Å². The Morgan fingerprint density at radius 1 is 1.10 bits per heavy atom. The Morgan fingerprint density at radius 3 is 2.35 bits per heavy atom. The van der Waals surface area contributed by atoms with Crippen molar-refractivity contribution in [2.24, 2.45) is 0 Å². The highest BCUT2D eigenvalue weighted by molar-refractivity contribution is 5.54. The van der Waals surface area contributed by atoms with E-state index in [0.717, 1.165) is 56.2 Å². The van der Waals surface area contributed by atoms with Crippen LogP contribution in [0.2, 0.25) is 0 Å². The summed E-state index contributed by atoms with van der Waals surface area (Å²) in [5.74, 6) is 1.73. The zero-order chi connectivity index (χ0) is 14.5. The van der Waals surface area contributed by atoms with Crippen LogP contribution < -0.4 is 14.8 Å². The molecule has 0 amide bonds. The second-order valence-corrected chi connectivity index (χ2v) is 5.39. The third-order valence-electron chi connectivity index (χ3n) is 4.09. The van der Waals surface area contributed by atoms with Gasteiger partial charge >= 0.3 is 0 Å². The third-order valence-corrected chi connectivity index (χ3v) is 4.09. The minimum Gasteiger partial charge on any atom is -0.493 e. The van der Waals surface area contributed by atoms with Gasteiger partial charge in [0.05, 0.1) is 14.2 Å². The highest BCUT2D eigenvalue weighted by Gasteiger charge is 2.16. The van der Waals surface area contributed by atoms with E-state index in [-0.39, 0.29) is 0 Å². The summed E-state index contributed by atoms with van der Waals surface area (Å²) in [7, 11) is 3.41. The van der Waals surface area contributed by atoms with Crippen LogP contribution in [0, 0.1) is 13.8 Å². The van der Waals surface area contributed by atoms with Crippen molar-refractivity contribution in [3.05, 3.63) is 22.8 Å². The van der Waals surface area contributed by atoms with Gasteiger partial charge in [0, 0.05) is 32.7 Å². The van der Waals surface area contributed by atoms with E-state index in [1.807, 2.05) is 0 Å². The smallest absolute Gasteiger partial charge is 0.164 e. The van der Waals surface area contributed by atoms with Crippen molar-refractivity contribution in [1.82, 2.24) is 10.2 Å². The molecule has 0 aromatic heterocycles. The standard InChI is InChI=1S/C16H26N2O2/c1-12-11-14(5-8-18-9-6-17-7-10-18)13(2)16(20-4)15(12)19-3/h11,17H,5-10H2,1-4H3. The molecule has 0 bridgehead atoms. The Labute approximate surface area is 122 Å². The maximum Gasteiger partial charge on any atom is 0.164 e. The molecule has 1 aromatic rings. The van der Waals surface area contributed by atoms with E-state index in [1.54, 1.807) is 14.2 Å². The highest BCUT2D eigenvalue weighted by Crippen LogP contribution is 2.36. The summed E-state index contributed by atoms with van der Waals surface area (Å²) >= 11 is 0. The van der Waals surface area contributed by atoms with Gasteiger partial charge in [0.15, 0.2) is 11.5 Å². The first kappa shape index (κ1) is 15.1. The molecule has 1 aromatic carbocycles. The Hall–Kier alpha value is -1.26. The average Bonchev–Trinajstić information content (AvgIpc) is 2.48. The number of nitrogens with zero attached hydrogens (tertiary/aromatic N) is 1. The fraction of sp³-hybridized carbons (Fsp3) is 0.625. The normalized spacial score (nSPS) is 16.2. The van der Waals surface area contributed by atoms with Gasteiger partial charge in [-0.05, 0) is 37.0 Å². The van der Waals surface area contributed by atoms with Gasteiger partial charge in [0.2, 0.25) is 0 Å². The van der Waals surface area contributed by atoms with E-state index < -0.39 is 0 Å². The van der Waals surface area contributed by atoms with Gasteiger partial charge in [-0.2, -0.15) is 0 Å². The van der Waals surface area contributed by atoms with Crippen LogP contribution in [0.3, 0.4) is 0 Å². The monoisotopic (exact) mass is 278 g/mol. The number of ether oxygens (including phenoxy) is 2. The lowest BCUT2D eigenvalue weighted by atomic mass is 10.00. The molecule has 2 rings (SSSR count). The van der Waals surface area contributed by atoms with E-state index in [1.165, 1.54) is 11.1 Å². The summed E-state index contributed by atoms with van der Waals surface area (Å²) in [6.07, 6.45) is 1.06. The summed E-state index contributed by atoms with van der Waals surface area (Å²) in [6.45, 7) is 9.80. The number of hydrogen-bond donors (Lipinski definition) is 1. The highest BCUT2D eigenvalue weighted by atomic mass is 16.5. The first-order valence-electron chi connectivity index (χ1n) is 7.31. The fourth-order valence-corrected chi connectivity index (χ4v) is 2.90. The van der Waals surface area contributed by atoms with Crippen molar-refractivity contribution in [3.63, 3.8) is 0 Å². The second kappa shape index (κ2) is 6.95. The summed E-state index contributed by atoms with van der Waals surface area (Å²) in [4.78, 5) is 2.52. The quantitative estimate of drug-likeness (QED) is 0.890. The molecule has 112 valence electrons. The van der Waals surface area contributed by atoms with Crippen molar-refractivity contribution in [1.29, 1.82) is 0 Å². The maximum atomic E-state index is 5.53. The van der Waals surface area contributed by atoms with Crippen LogP contribution >= 0.6 is 0 Å². The number of benzene rings is 1. The molecule has 0 aliphatic carbocycles. The summed E-state index contributed by atoms with van der Waals surface area (Å²) < 4.78 is 11.0. The average molecular weight is 278 g/mol. The lowest BCUT2D eigenvalue weighted by Crippen LogP contribution is -2.44. The number of methoxy groups -OCH3 is 2. The van der Waals surface area contributed by atoms with Gasteiger partial charge in [-0.1, -0.05) is 6.07 Å². The molecule has 0 atom stereocenters. The Bertz CT molecular complexity index is 454. The first-order valence-corrected chi connectivity index (χ1v) is 7.31. The molecule has 1 fully saturated rings. The van der Waals surface area contributed by atoms with Crippen LogP contribution in [0.5, 0.6) is 11.5 Å². The van der Waals surface area contributed by atoms with Crippen LogP contribution in [0.15, 0.2) is 6.07 Å². The molecule has 0 saturated carbocycles. The fourth-order valence-electron chi connectivity index (χ4n) is 2.90. The summed E-state index contributed by atoms with van der Waals surface area (Å²) in [5.41, 5.74) is 3.70. The van der Waals surface area contributed by atoms with Crippen LogP contribution in [0.4, 0.5) is 0 Å². The molecular formula is C16H26N2O2. The zero-order valence-electron chi connectivity index (χ0n) is 13.1. The zero-order valence-corrected chi connectivity index (χ0v) is 13.1. The number of nitrogens with one attached hydrogen (secondary N) is 1. The van der Waals surface area contributed by atoms with Crippen molar-refractivity contribution in [2.45, 2.75) is 20.3 Å². The maximum absolute atomic E-state index is 5.53. The summed E-state index contributed by atoms with van der Waals surface area (Å²) in [5, 5.41) is 3.39. The summed E-state index contributed by atoms with van der Waals surface area (Å²) in [6, 6.07) is 2.24. The predicted octanol–water partition coefficient (Wildman–Crippen LogP) is 1.77. The van der Waals surface area contributed by atoms with Crippen LogP contribution in [-0.2, 0) is 6.42 Å². The topological polar surface area (TPSA) is 33.7 Å². The van der Waals surface area contributed by atoms with Crippen LogP contribution in [-0.4, -0.2) is 51.8 Å². The van der Waals surface area contributed by atoms with E-state index in [0.29, 0.717) is 0 Å². The van der Waals surface area contributed by atoms with E-state index in [9.17, 15) is 0 Å². The Morgan fingerprint density at radius 2 is 1.75 bits per heavy atom. The molecule has 1 saturated heterocycles. The van der Waals surface area contributed by atoms with Crippen molar-refractivity contribution >= 4 is 0 Å². The molecule has 4 nitrogen and oxygen atoms in total. The van der Waals surface area contributed by atoms with E-state index >= 15 is 0 Å². The van der Waals surface area contributed by atoms with Crippen LogP contribution in [0.25, 0.3) is 0 Å². The minimum absolute atomic E-state index is 0.857. The molecule has 1 heterocycles. The van der Waals surface area contributed by atoms with Gasteiger partial charge in [-0.15, -0.1) is 0 Å². The van der Waals surface area contributed by atoms with Crippen molar-refractivity contribution < 1.29 is 9.47 Å². The van der Waals surface area contributed by atoms with Gasteiger partial charge in [0.1, 0.15) is 0 Å². The molecule has 0 spiro atoms. The Kier molecular flexibility index (Phi) is 5.26. The molecule has 4 heteroatoms. The molecule has 0 unspecified atom stereocenters. The largest absolute Gasteiger partial charge is 0.493 e. The molecule has 20 heavy (non-hydrogen) atoms. The van der Waals surface area contributed by atoms with Gasteiger partial charge < -0.3 is 19.7 Å². The SMILES string of the molecule is COc1c(C)cc(CCN2CCNCC2)c(C)c1OC. The van der Waals surface area contributed by atoms with Crippen LogP contribution in [0.1, 0.15) is 16.7 Å².